The Morgan fingerprint density at radius 1 is 1.00 bits per heavy atom. The molecule has 6 nitrogen and oxygen atoms in total. The summed E-state index contributed by atoms with van der Waals surface area (Å²) in [4.78, 5) is 24.2. The topological polar surface area (TPSA) is 79.5 Å². The van der Waals surface area contributed by atoms with Gasteiger partial charge < -0.3 is 20.7 Å². The highest BCUT2D eigenvalue weighted by molar-refractivity contribution is 5.95. The minimum Gasteiger partial charge on any atom is -0.484 e. The third kappa shape index (κ3) is 5.32. The van der Waals surface area contributed by atoms with E-state index < -0.39 is 0 Å². The van der Waals surface area contributed by atoms with Gasteiger partial charge in [0.1, 0.15) is 5.75 Å². The van der Waals surface area contributed by atoms with E-state index in [1.165, 1.54) is 0 Å². The molecule has 0 aromatic heterocycles. The molecular formula is C20H23N3O3. The Bertz CT molecular complexity index is 743. The maximum absolute atomic E-state index is 12.3. The molecule has 26 heavy (non-hydrogen) atoms. The lowest BCUT2D eigenvalue weighted by atomic mass is 10.0. The Kier molecular flexibility index (Phi) is 6.22. The molecule has 3 rings (SSSR count). The number of carbonyl (C=O) groups excluding carboxylic acids is 2. The highest BCUT2D eigenvalue weighted by atomic mass is 16.5. The fourth-order valence-electron chi connectivity index (χ4n) is 2.84. The van der Waals surface area contributed by atoms with Crippen molar-refractivity contribution in [3.63, 3.8) is 0 Å². The van der Waals surface area contributed by atoms with Gasteiger partial charge in [0.25, 0.3) is 5.91 Å². The van der Waals surface area contributed by atoms with Crippen LogP contribution in [-0.4, -0.2) is 31.0 Å². The van der Waals surface area contributed by atoms with Gasteiger partial charge in [0.2, 0.25) is 5.91 Å². The van der Waals surface area contributed by atoms with E-state index in [-0.39, 0.29) is 24.5 Å². The summed E-state index contributed by atoms with van der Waals surface area (Å²) in [6, 6.07) is 16.1. The first-order valence-electron chi connectivity index (χ1n) is 8.83. The van der Waals surface area contributed by atoms with Crippen LogP contribution in [0, 0.1) is 0 Å². The maximum Gasteiger partial charge on any atom is 0.262 e. The van der Waals surface area contributed by atoms with Crippen molar-refractivity contribution in [1.82, 2.24) is 5.32 Å². The van der Waals surface area contributed by atoms with Gasteiger partial charge in [-0.2, -0.15) is 0 Å². The molecule has 3 N–H and O–H groups in total. The number of ether oxygens (including phenoxy) is 1. The fourth-order valence-corrected chi connectivity index (χ4v) is 2.84. The number of para-hydroxylation sites is 1. The summed E-state index contributed by atoms with van der Waals surface area (Å²) in [5.74, 6) is 0.253. The number of hydrogen-bond donors (Lipinski definition) is 3. The maximum atomic E-state index is 12.3. The van der Waals surface area contributed by atoms with Gasteiger partial charge in [-0.3, -0.25) is 9.59 Å². The quantitative estimate of drug-likeness (QED) is 0.746. The molecule has 1 heterocycles. The molecule has 6 heteroatoms. The zero-order valence-corrected chi connectivity index (χ0v) is 14.5. The average Bonchev–Trinajstić information content (AvgIpc) is 2.68. The molecular weight excluding hydrogens is 330 g/mol. The monoisotopic (exact) mass is 353 g/mol. The van der Waals surface area contributed by atoms with E-state index in [4.69, 9.17) is 4.74 Å². The second-order valence-corrected chi connectivity index (χ2v) is 6.22. The van der Waals surface area contributed by atoms with Crippen LogP contribution in [0.15, 0.2) is 54.6 Å². The second-order valence-electron chi connectivity index (χ2n) is 6.22. The Morgan fingerprint density at radius 3 is 2.58 bits per heavy atom. The van der Waals surface area contributed by atoms with E-state index in [0.29, 0.717) is 11.4 Å². The van der Waals surface area contributed by atoms with Crippen molar-refractivity contribution >= 4 is 23.2 Å². The molecule has 0 saturated carbocycles. The molecule has 2 aromatic rings. The molecule has 136 valence electrons. The van der Waals surface area contributed by atoms with E-state index in [1.54, 1.807) is 24.3 Å². The molecule has 0 aliphatic carbocycles. The Morgan fingerprint density at radius 2 is 1.81 bits per heavy atom. The summed E-state index contributed by atoms with van der Waals surface area (Å²) in [7, 11) is 0. The van der Waals surface area contributed by atoms with Crippen LogP contribution in [-0.2, 0) is 9.59 Å². The van der Waals surface area contributed by atoms with E-state index in [0.717, 1.165) is 31.5 Å². The SMILES string of the molecule is O=C(COc1cccc(NC(=O)C2CCCCN2)c1)Nc1ccccc1. The van der Waals surface area contributed by atoms with Crippen LogP contribution in [0.4, 0.5) is 11.4 Å². The van der Waals surface area contributed by atoms with Gasteiger partial charge in [0, 0.05) is 17.4 Å². The number of rotatable bonds is 6. The number of carbonyl (C=O) groups is 2. The second kappa shape index (κ2) is 9.01. The number of amides is 2. The van der Waals surface area contributed by atoms with E-state index in [9.17, 15) is 9.59 Å². The number of benzene rings is 2. The number of nitrogens with one attached hydrogen (secondary N) is 3. The molecule has 1 aliphatic rings. The summed E-state index contributed by atoms with van der Waals surface area (Å²) in [5.41, 5.74) is 1.38. The Labute approximate surface area is 152 Å². The summed E-state index contributed by atoms with van der Waals surface area (Å²) in [6.45, 7) is 0.772. The molecule has 1 atom stereocenters. The van der Waals surface area contributed by atoms with Crippen molar-refractivity contribution in [3.8, 4) is 5.75 Å². The van der Waals surface area contributed by atoms with Crippen LogP contribution in [0.25, 0.3) is 0 Å². The van der Waals surface area contributed by atoms with Crippen molar-refractivity contribution < 1.29 is 14.3 Å². The Hall–Kier alpha value is -2.86. The van der Waals surface area contributed by atoms with Crippen LogP contribution in [0.5, 0.6) is 5.75 Å². The third-order valence-corrected chi connectivity index (χ3v) is 4.16. The minimum absolute atomic E-state index is 0.0383. The van der Waals surface area contributed by atoms with Crippen molar-refractivity contribution in [1.29, 1.82) is 0 Å². The number of hydrogen-bond acceptors (Lipinski definition) is 4. The lowest BCUT2D eigenvalue weighted by molar-refractivity contribution is -0.119. The molecule has 2 aromatic carbocycles. The highest BCUT2D eigenvalue weighted by Gasteiger charge is 2.20. The Balaban J connectivity index is 1.50. The van der Waals surface area contributed by atoms with Gasteiger partial charge >= 0.3 is 0 Å². The predicted octanol–water partition coefficient (Wildman–Crippen LogP) is 2.78. The molecule has 0 radical (unpaired) electrons. The van der Waals surface area contributed by atoms with Gasteiger partial charge in [-0.05, 0) is 43.7 Å². The zero-order valence-electron chi connectivity index (χ0n) is 14.5. The first-order valence-corrected chi connectivity index (χ1v) is 8.83. The van der Waals surface area contributed by atoms with Crippen LogP contribution in [0.2, 0.25) is 0 Å². The van der Waals surface area contributed by atoms with E-state index in [2.05, 4.69) is 16.0 Å². The summed E-state index contributed by atoms with van der Waals surface area (Å²) in [5, 5.41) is 8.88. The average molecular weight is 353 g/mol. The lowest BCUT2D eigenvalue weighted by Crippen LogP contribution is -2.43. The molecule has 1 fully saturated rings. The predicted molar refractivity (Wildman–Crippen MR) is 101 cm³/mol. The molecule has 1 unspecified atom stereocenters. The number of piperidine rings is 1. The van der Waals surface area contributed by atoms with Crippen molar-refractivity contribution in [2.75, 3.05) is 23.8 Å². The van der Waals surface area contributed by atoms with Gasteiger partial charge in [0.15, 0.2) is 6.61 Å². The normalized spacial score (nSPS) is 16.5. The van der Waals surface area contributed by atoms with Crippen LogP contribution in [0.1, 0.15) is 19.3 Å². The van der Waals surface area contributed by atoms with Crippen molar-refractivity contribution in [2.45, 2.75) is 25.3 Å². The van der Waals surface area contributed by atoms with Gasteiger partial charge in [-0.15, -0.1) is 0 Å². The van der Waals surface area contributed by atoms with E-state index in [1.807, 2.05) is 30.3 Å². The van der Waals surface area contributed by atoms with Crippen molar-refractivity contribution in [2.24, 2.45) is 0 Å². The summed E-state index contributed by atoms with van der Waals surface area (Å²) >= 11 is 0. The largest absolute Gasteiger partial charge is 0.484 e. The van der Waals surface area contributed by atoms with Crippen LogP contribution < -0.4 is 20.7 Å². The molecule has 1 aliphatic heterocycles. The summed E-state index contributed by atoms with van der Waals surface area (Å²) in [6.07, 6.45) is 3.02. The minimum atomic E-state index is -0.239. The highest BCUT2D eigenvalue weighted by Crippen LogP contribution is 2.18. The van der Waals surface area contributed by atoms with Gasteiger partial charge in [0.05, 0.1) is 6.04 Å². The third-order valence-electron chi connectivity index (χ3n) is 4.16. The van der Waals surface area contributed by atoms with Crippen LogP contribution >= 0.6 is 0 Å². The van der Waals surface area contributed by atoms with Crippen LogP contribution in [0.3, 0.4) is 0 Å². The fraction of sp³-hybridized carbons (Fsp3) is 0.300. The number of anilines is 2. The first kappa shape index (κ1) is 17.9. The first-order chi connectivity index (χ1) is 12.7. The smallest absolute Gasteiger partial charge is 0.262 e. The van der Waals surface area contributed by atoms with Crippen molar-refractivity contribution in [3.05, 3.63) is 54.6 Å². The van der Waals surface area contributed by atoms with E-state index >= 15 is 0 Å². The lowest BCUT2D eigenvalue weighted by Gasteiger charge is -2.22. The molecule has 2 amide bonds. The molecule has 1 saturated heterocycles. The molecule has 0 spiro atoms. The van der Waals surface area contributed by atoms with Gasteiger partial charge in [-0.25, -0.2) is 0 Å². The summed E-state index contributed by atoms with van der Waals surface area (Å²) < 4.78 is 5.53. The zero-order chi connectivity index (χ0) is 18.2. The molecule has 0 bridgehead atoms. The standard InChI is InChI=1S/C20H23N3O3/c24-19(22-15-7-2-1-3-8-15)14-26-17-10-6-9-16(13-17)23-20(25)18-11-4-5-12-21-18/h1-3,6-10,13,18,21H,4-5,11-12,14H2,(H,22,24)(H,23,25). The van der Waals surface area contributed by atoms with Gasteiger partial charge in [-0.1, -0.05) is 30.7 Å².